The third kappa shape index (κ3) is 7.72. The molecule has 3 aromatic carbocycles. The van der Waals surface area contributed by atoms with Crippen molar-refractivity contribution in [2.24, 2.45) is 22.7 Å². The normalized spacial score (nSPS) is 31.2. The zero-order valence-corrected chi connectivity index (χ0v) is 36.5. The average Bonchev–Trinajstić information content (AvgIpc) is 3.26. The lowest BCUT2D eigenvalue weighted by atomic mass is 9.44. The Morgan fingerprint density at radius 2 is 1.45 bits per heavy atom. The Labute approximate surface area is 370 Å². The lowest BCUT2D eigenvalue weighted by Crippen LogP contribution is -2.82. The molecule has 338 valence electrons. The Bertz CT molecular complexity index is 2350. The summed E-state index contributed by atoms with van der Waals surface area (Å²) < 4.78 is 30.6. The second kappa shape index (κ2) is 17.5. The van der Waals surface area contributed by atoms with Gasteiger partial charge in [0.1, 0.15) is 30.2 Å². The van der Waals surface area contributed by atoms with Gasteiger partial charge in [0.15, 0.2) is 17.5 Å². The molecule has 7 rings (SSSR count). The summed E-state index contributed by atoms with van der Waals surface area (Å²) in [4.78, 5) is 96.8. The summed E-state index contributed by atoms with van der Waals surface area (Å²) in [5.74, 6) is -7.83. The minimum atomic E-state index is -2.38. The van der Waals surface area contributed by atoms with Crippen LogP contribution >= 0.6 is 0 Å². The molecule has 3 fully saturated rings. The van der Waals surface area contributed by atoms with Crippen LogP contribution in [-0.4, -0.2) is 100 Å². The molecule has 0 aromatic heterocycles. The number of hydrogen-bond donors (Lipinski definition) is 3. The highest BCUT2D eigenvalue weighted by Gasteiger charge is 2.78. The van der Waals surface area contributed by atoms with Crippen molar-refractivity contribution in [2.45, 2.75) is 109 Å². The van der Waals surface area contributed by atoms with Crippen LogP contribution in [0.15, 0.2) is 102 Å². The van der Waals surface area contributed by atoms with Crippen molar-refractivity contribution < 1.29 is 67.5 Å². The third-order valence-corrected chi connectivity index (χ3v) is 14.0. The van der Waals surface area contributed by atoms with Crippen LogP contribution in [0.25, 0.3) is 0 Å². The zero-order chi connectivity index (χ0) is 46.4. The highest BCUT2D eigenvalue weighted by molar-refractivity contribution is 5.96. The van der Waals surface area contributed by atoms with Crippen molar-refractivity contribution in [2.75, 3.05) is 6.61 Å². The van der Waals surface area contributed by atoms with Crippen LogP contribution in [0.5, 0.6) is 0 Å². The van der Waals surface area contributed by atoms with E-state index in [9.17, 15) is 39.0 Å². The van der Waals surface area contributed by atoms with Crippen LogP contribution < -0.4 is 5.32 Å². The fourth-order valence-electron chi connectivity index (χ4n) is 10.6. The number of aldehydes is 1. The molecule has 1 aliphatic heterocycles. The van der Waals surface area contributed by atoms with Gasteiger partial charge in [0, 0.05) is 44.1 Å². The van der Waals surface area contributed by atoms with E-state index in [0.29, 0.717) is 17.4 Å². The van der Waals surface area contributed by atoms with Gasteiger partial charge in [-0.2, -0.15) is 0 Å². The molecule has 1 heterocycles. The summed E-state index contributed by atoms with van der Waals surface area (Å²) in [5.41, 5.74) is -6.80. The second-order valence-corrected chi connectivity index (χ2v) is 17.9. The van der Waals surface area contributed by atoms with Crippen LogP contribution in [0.2, 0.25) is 0 Å². The summed E-state index contributed by atoms with van der Waals surface area (Å²) in [5, 5.41) is 28.8. The SMILES string of the molecule is CC(=O)O[C@H]1C(=O)[C@]2(C)[C@@H](O)CC3OC[C@@]3(OC(C)=O)[C@H]2[C@H](OC(=O)c2ccccc2)[C@]2(O)CC(OC(=O)[C@H](CC=O)[C@@H](NC(=O)c3ccccc3)c3ccccc3)C(C)=C1C2(C)C. The van der Waals surface area contributed by atoms with E-state index in [2.05, 4.69) is 5.32 Å². The lowest BCUT2D eigenvalue weighted by molar-refractivity contribution is -0.346. The van der Waals surface area contributed by atoms with Gasteiger partial charge in [-0.1, -0.05) is 80.6 Å². The summed E-state index contributed by atoms with van der Waals surface area (Å²) >= 11 is 0. The molecule has 0 spiro atoms. The number of esters is 4. The molecule has 15 nitrogen and oxygen atoms in total. The maximum absolute atomic E-state index is 15.6. The van der Waals surface area contributed by atoms with E-state index in [4.69, 9.17) is 23.7 Å². The first-order valence-electron chi connectivity index (χ1n) is 21.3. The van der Waals surface area contributed by atoms with Crippen molar-refractivity contribution in [1.82, 2.24) is 5.32 Å². The van der Waals surface area contributed by atoms with Gasteiger partial charge in [0.25, 0.3) is 5.91 Å². The van der Waals surface area contributed by atoms with Gasteiger partial charge in [-0.05, 0) is 54.8 Å². The molecule has 64 heavy (non-hydrogen) atoms. The number of carbonyl (C=O) groups is 7. The average molecular weight is 880 g/mol. The van der Waals surface area contributed by atoms with Gasteiger partial charge in [-0.3, -0.25) is 24.0 Å². The Balaban J connectivity index is 1.41. The molecule has 2 bridgehead atoms. The van der Waals surface area contributed by atoms with Gasteiger partial charge < -0.3 is 44.0 Å². The molecule has 1 saturated heterocycles. The van der Waals surface area contributed by atoms with Gasteiger partial charge >= 0.3 is 23.9 Å². The van der Waals surface area contributed by atoms with E-state index in [-0.39, 0.29) is 29.7 Å². The predicted molar refractivity (Wildman–Crippen MR) is 226 cm³/mol. The molecule has 2 saturated carbocycles. The van der Waals surface area contributed by atoms with E-state index >= 15 is 4.79 Å². The first kappa shape index (κ1) is 46.0. The fourth-order valence-corrected chi connectivity index (χ4v) is 10.6. The standard InChI is InChI=1S/C49H53NO14/c1-27-34(62-45(58)33(22-23-51)38(30-16-10-7-11-17-30)50-43(56)31-18-12-8-13-19-31)25-49(59)42(63-44(57)32-20-14-9-15-21-32)40-47(6,35(54)24-36-48(40,26-60-36)64-29(3)53)41(55)39(61-28(2)52)37(27)46(49,4)5/h7-21,23,33-36,38-40,42,54,59H,22,24-26H2,1-6H3,(H,50,56)/t33-,34?,35+,36?,38+,39-,40+,42+,47-,48+,49-/m1/s1. The second-order valence-electron chi connectivity index (χ2n) is 17.9. The van der Waals surface area contributed by atoms with E-state index < -0.39 is 119 Å². The molecule has 15 heteroatoms. The molecular formula is C49H53NO14. The van der Waals surface area contributed by atoms with E-state index in [1.807, 2.05) is 0 Å². The largest absolute Gasteiger partial charge is 0.457 e. The van der Waals surface area contributed by atoms with Crippen LogP contribution in [0.4, 0.5) is 0 Å². The minimum Gasteiger partial charge on any atom is -0.457 e. The smallest absolute Gasteiger partial charge is 0.338 e. The van der Waals surface area contributed by atoms with Gasteiger partial charge in [0.05, 0.1) is 41.6 Å². The molecule has 4 aliphatic rings. The fraction of sp³-hybridized carbons (Fsp3) is 0.449. The van der Waals surface area contributed by atoms with Gasteiger partial charge in [-0.25, -0.2) is 4.79 Å². The number of ketones is 1. The molecule has 1 amide bonds. The van der Waals surface area contributed by atoms with Gasteiger partial charge in [-0.15, -0.1) is 0 Å². The molecule has 3 aromatic rings. The number of aliphatic hydroxyl groups excluding tert-OH is 1. The first-order chi connectivity index (χ1) is 30.3. The number of benzene rings is 3. The summed E-state index contributed by atoms with van der Waals surface area (Å²) in [6.45, 7) is 8.05. The number of rotatable bonds is 12. The van der Waals surface area contributed by atoms with Crippen LogP contribution in [0.1, 0.15) is 93.1 Å². The predicted octanol–water partition coefficient (Wildman–Crippen LogP) is 4.58. The minimum absolute atomic E-state index is 0.0179. The summed E-state index contributed by atoms with van der Waals surface area (Å²) in [7, 11) is 0. The number of fused-ring (bicyclic) bond motifs is 5. The van der Waals surface area contributed by atoms with Crippen molar-refractivity contribution >= 4 is 41.9 Å². The number of amides is 1. The van der Waals surface area contributed by atoms with Crippen molar-refractivity contribution in [1.29, 1.82) is 0 Å². The van der Waals surface area contributed by atoms with Crippen molar-refractivity contribution in [3.63, 3.8) is 0 Å². The summed E-state index contributed by atoms with van der Waals surface area (Å²) in [6.07, 6.45) is -8.28. The topological polar surface area (TPSA) is 218 Å². The Morgan fingerprint density at radius 3 is 2.00 bits per heavy atom. The quantitative estimate of drug-likeness (QED) is 0.0983. The Hall–Kier alpha value is -6.03. The zero-order valence-electron chi connectivity index (χ0n) is 36.5. The highest BCUT2D eigenvalue weighted by atomic mass is 16.6. The number of hydrogen-bond acceptors (Lipinski definition) is 14. The number of nitrogens with one attached hydrogen (secondary N) is 1. The third-order valence-electron chi connectivity index (χ3n) is 14.0. The molecule has 3 aliphatic carbocycles. The maximum Gasteiger partial charge on any atom is 0.338 e. The molecule has 0 radical (unpaired) electrons. The number of ether oxygens (including phenoxy) is 5. The van der Waals surface area contributed by atoms with Crippen molar-refractivity contribution in [3.05, 3.63) is 119 Å². The Morgan fingerprint density at radius 1 is 0.859 bits per heavy atom. The molecular weight excluding hydrogens is 827 g/mol. The molecule has 2 unspecified atom stereocenters. The van der Waals surface area contributed by atoms with E-state index in [0.717, 1.165) is 13.8 Å². The lowest BCUT2D eigenvalue weighted by Gasteiger charge is -2.67. The highest BCUT2D eigenvalue weighted by Crippen LogP contribution is 2.64. The van der Waals surface area contributed by atoms with Gasteiger partial charge in [0.2, 0.25) is 0 Å². The Kier molecular flexibility index (Phi) is 12.6. The van der Waals surface area contributed by atoms with Crippen LogP contribution in [-0.2, 0) is 47.7 Å². The number of carbonyl (C=O) groups excluding carboxylic acids is 7. The summed E-state index contributed by atoms with van der Waals surface area (Å²) in [6, 6.07) is 23.6. The van der Waals surface area contributed by atoms with E-state index in [1.165, 1.54) is 19.1 Å². The first-order valence-corrected chi connectivity index (χ1v) is 21.3. The van der Waals surface area contributed by atoms with Crippen molar-refractivity contribution in [3.8, 4) is 0 Å². The molecule has 11 atom stereocenters. The van der Waals surface area contributed by atoms with E-state index in [1.54, 1.807) is 99.6 Å². The number of aliphatic hydroxyl groups is 2. The van der Waals surface area contributed by atoms with Crippen LogP contribution in [0.3, 0.4) is 0 Å². The molecule has 3 N–H and O–H groups in total. The number of Topliss-reactive ketones (excluding diaryl/α,β-unsaturated/α-hetero) is 1. The maximum atomic E-state index is 15.6. The van der Waals surface area contributed by atoms with Crippen LogP contribution in [0, 0.1) is 22.7 Å². The monoisotopic (exact) mass is 879 g/mol.